The number of carbonyl (C=O) groups excluding carboxylic acids is 1. The number of Topliss-reactive ketones (excluding diaryl/α,β-unsaturated/α-hetero) is 1. The molecule has 0 amide bonds. The zero-order chi connectivity index (χ0) is 12.1. The third-order valence-electron chi connectivity index (χ3n) is 2.67. The number of methoxy groups -OCH3 is 1. The molecule has 0 saturated heterocycles. The van der Waals surface area contributed by atoms with Crippen LogP contribution >= 0.6 is 0 Å². The van der Waals surface area contributed by atoms with Gasteiger partial charge < -0.3 is 4.74 Å². The molecule has 1 aromatic rings. The molecule has 88 valence electrons. The molecule has 2 nitrogen and oxygen atoms in total. The first-order chi connectivity index (χ1) is 7.54. The highest BCUT2D eigenvalue weighted by Gasteiger charge is 2.08. The first kappa shape index (κ1) is 12.8. The van der Waals surface area contributed by atoms with Crippen LogP contribution in [-0.4, -0.2) is 12.9 Å². The van der Waals surface area contributed by atoms with Crippen molar-refractivity contribution in [3.8, 4) is 5.75 Å². The van der Waals surface area contributed by atoms with Gasteiger partial charge >= 0.3 is 0 Å². The van der Waals surface area contributed by atoms with Gasteiger partial charge in [-0.05, 0) is 43.0 Å². The molecule has 16 heavy (non-hydrogen) atoms. The first-order valence-corrected chi connectivity index (χ1v) is 5.72. The lowest BCUT2D eigenvalue weighted by molar-refractivity contribution is 0.0975. The summed E-state index contributed by atoms with van der Waals surface area (Å²) < 4.78 is 5.17. The second-order valence-electron chi connectivity index (χ2n) is 4.54. The van der Waals surface area contributed by atoms with Gasteiger partial charge in [-0.15, -0.1) is 0 Å². The Morgan fingerprint density at radius 2 is 2.06 bits per heavy atom. The Morgan fingerprint density at radius 1 is 1.38 bits per heavy atom. The van der Waals surface area contributed by atoms with Crippen LogP contribution in [0.5, 0.6) is 5.75 Å². The fourth-order valence-corrected chi connectivity index (χ4v) is 1.62. The summed E-state index contributed by atoms with van der Waals surface area (Å²) in [5.41, 5.74) is 1.80. The summed E-state index contributed by atoms with van der Waals surface area (Å²) in [7, 11) is 1.64. The minimum Gasteiger partial charge on any atom is -0.496 e. The number of ketones is 1. The molecule has 0 N–H and O–H groups in total. The van der Waals surface area contributed by atoms with Crippen molar-refractivity contribution in [2.24, 2.45) is 5.92 Å². The quantitative estimate of drug-likeness (QED) is 0.708. The lowest BCUT2D eigenvalue weighted by atomic mass is 10.00. The van der Waals surface area contributed by atoms with E-state index in [-0.39, 0.29) is 5.78 Å². The summed E-state index contributed by atoms with van der Waals surface area (Å²) in [6.07, 6.45) is 1.58. The molecule has 0 unspecified atom stereocenters. The second-order valence-corrected chi connectivity index (χ2v) is 4.54. The molecular weight excluding hydrogens is 200 g/mol. The van der Waals surface area contributed by atoms with Crippen LogP contribution in [0.25, 0.3) is 0 Å². The number of aryl methyl sites for hydroxylation is 1. The molecule has 2 heteroatoms. The molecule has 1 aromatic carbocycles. The number of hydrogen-bond acceptors (Lipinski definition) is 2. The summed E-state index contributed by atoms with van der Waals surface area (Å²) in [4.78, 5) is 11.9. The Bertz CT molecular complexity index is 367. The number of ether oxygens (including phenoxy) is 1. The van der Waals surface area contributed by atoms with E-state index < -0.39 is 0 Å². The Balaban J connectivity index is 2.73. The third kappa shape index (κ3) is 3.37. The topological polar surface area (TPSA) is 26.3 Å². The maximum absolute atomic E-state index is 11.9. The fourth-order valence-electron chi connectivity index (χ4n) is 1.62. The van der Waals surface area contributed by atoms with Crippen molar-refractivity contribution in [1.82, 2.24) is 0 Å². The average molecular weight is 220 g/mol. The molecule has 1 rings (SSSR count). The Labute approximate surface area is 97.6 Å². The van der Waals surface area contributed by atoms with E-state index >= 15 is 0 Å². The Hall–Kier alpha value is -1.31. The molecule has 0 atom stereocenters. The van der Waals surface area contributed by atoms with Crippen molar-refractivity contribution in [1.29, 1.82) is 0 Å². The molecule has 0 aromatic heterocycles. The highest BCUT2D eigenvalue weighted by molar-refractivity contribution is 5.96. The minimum absolute atomic E-state index is 0.222. The van der Waals surface area contributed by atoms with E-state index in [9.17, 15) is 4.79 Å². The van der Waals surface area contributed by atoms with Crippen LogP contribution < -0.4 is 4.74 Å². The van der Waals surface area contributed by atoms with Gasteiger partial charge in [-0.2, -0.15) is 0 Å². The molecule has 0 aliphatic heterocycles. The smallest absolute Gasteiger partial charge is 0.162 e. The van der Waals surface area contributed by atoms with E-state index in [1.165, 1.54) is 0 Å². The standard InChI is InChI=1S/C14H20O2/c1-10(2)5-7-13(15)12-6-8-14(16-4)11(3)9-12/h6,8-10H,5,7H2,1-4H3. The maximum Gasteiger partial charge on any atom is 0.162 e. The van der Waals surface area contributed by atoms with Crippen LogP contribution in [0.2, 0.25) is 0 Å². The molecule has 0 saturated carbocycles. The van der Waals surface area contributed by atoms with Gasteiger partial charge in [0.2, 0.25) is 0 Å². The van der Waals surface area contributed by atoms with E-state index in [0.717, 1.165) is 23.3 Å². The van der Waals surface area contributed by atoms with Crippen LogP contribution in [-0.2, 0) is 0 Å². The van der Waals surface area contributed by atoms with Crippen molar-refractivity contribution in [3.63, 3.8) is 0 Å². The van der Waals surface area contributed by atoms with Crippen LogP contribution in [0.4, 0.5) is 0 Å². The lowest BCUT2D eigenvalue weighted by Crippen LogP contribution is -2.02. The molecule has 0 fully saturated rings. The summed E-state index contributed by atoms with van der Waals surface area (Å²) >= 11 is 0. The summed E-state index contributed by atoms with van der Waals surface area (Å²) in [5, 5.41) is 0. The zero-order valence-corrected chi connectivity index (χ0v) is 10.5. The lowest BCUT2D eigenvalue weighted by Gasteiger charge is -2.07. The highest BCUT2D eigenvalue weighted by Crippen LogP contribution is 2.20. The van der Waals surface area contributed by atoms with E-state index in [2.05, 4.69) is 13.8 Å². The average Bonchev–Trinajstić information content (AvgIpc) is 2.25. The highest BCUT2D eigenvalue weighted by atomic mass is 16.5. The molecule has 0 radical (unpaired) electrons. The predicted molar refractivity (Wildman–Crippen MR) is 66.1 cm³/mol. The van der Waals surface area contributed by atoms with E-state index in [1.54, 1.807) is 7.11 Å². The van der Waals surface area contributed by atoms with Gasteiger partial charge in [0.05, 0.1) is 7.11 Å². The third-order valence-corrected chi connectivity index (χ3v) is 2.67. The van der Waals surface area contributed by atoms with Gasteiger partial charge in [0, 0.05) is 12.0 Å². The number of benzene rings is 1. The fraction of sp³-hybridized carbons (Fsp3) is 0.500. The predicted octanol–water partition coefficient (Wildman–Crippen LogP) is 3.62. The van der Waals surface area contributed by atoms with Gasteiger partial charge in [0.25, 0.3) is 0 Å². The van der Waals surface area contributed by atoms with E-state index in [0.29, 0.717) is 12.3 Å². The Kier molecular flexibility index (Phi) is 4.53. The van der Waals surface area contributed by atoms with Gasteiger partial charge in [-0.25, -0.2) is 0 Å². The molecule has 0 aliphatic rings. The molecule has 0 spiro atoms. The van der Waals surface area contributed by atoms with Gasteiger partial charge in [0.1, 0.15) is 5.75 Å². The van der Waals surface area contributed by atoms with Crippen molar-refractivity contribution in [2.45, 2.75) is 33.6 Å². The number of hydrogen-bond donors (Lipinski definition) is 0. The molecule has 0 aliphatic carbocycles. The summed E-state index contributed by atoms with van der Waals surface area (Å²) in [6, 6.07) is 5.61. The van der Waals surface area contributed by atoms with Gasteiger partial charge in [-0.1, -0.05) is 13.8 Å². The van der Waals surface area contributed by atoms with Gasteiger partial charge in [0.15, 0.2) is 5.78 Å². The maximum atomic E-state index is 11.9. The normalized spacial score (nSPS) is 10.6. The first-order valence-electron chi connectivity index (χ1n) is 5.72. The summed E-state index contributed by atoms with van der Waals surface area (Å²) in [6.45, 7) is 6.22. The van der Waals surface area contributed by atoms with Crippen molar-refractivity contribution < 1.29 is 9.53 Å². The minimum atomic E-state index is 0.222. The number of carbonyl (C=O) groups is 1. The number of rotatable bonds is 5. The van der Waals surface area contributed by atoms with E-state index in [4.69, 9.17) is 4.74 Å². The van der Waals surface area contributed by atoms with Crippen molar-refractivity contribution in [2.75, 3.05) is 7.11 Å². The SMILES string of the molecule is COc1ccc(C(=O)CCC(C)C)cc1C. The summed E-state index contributed by atoms with van der Waals surface area (Å²) in [5.74, 6) is 1.63. The molecule has 0 heterocycles. The zero-order valence-electron chi connectivity index (χ0n) is 10.5. The van der Waals surface area contributed by atoms with Crippen LogP contribution in [0.15, 0.2) is 18.2 Å². The van der Waals surface area contributed by atoms with Gasteiger partial charge in [-0.3, -0.25) is 4.79 Å². The van der Waals surface area contributed by atoms with Crippen LogP contribution in [0.1, 0.15) is 42.6 Å². The molecular formula is C14H20O2. The van der Waals surface area contributed by atoms with Crippen LogP contribution in [0, 0.1) is 12.8 Å². The molecule has 0 bridgehead atoms. The van der Waals surface area contributed by atoms with Crippen LogP contribution in [0.3, 0.4) is 0 Å². The van der Waals surface area contributed by atoms with Crippen molar-refractivity contribution >= 4 is 5.78 Å². The largest absolute Gasteiger partial charge is 0.496 e. The van der Waals surface area contributed by atoms with E-state index in [1.807, 2.05) is 25.1 Å². The monoisotopic (exact) mass is 220 g/mol. The Morgan fingerprint density at radius 3 is 2.56 bits per heavy atom. The second kappa shape index (κ2) is 5.69. The van der Waals surface area contributed by atoms with Crippen molar-refractivity contribution in [3.05, 3.63) is 29.3 Å².